The predicted molar refractivity (Wildman–Crippen MR) is 364 cm³/mol. The topological polar surface area (TPSA) is 329 Å². The molecule has 0 radical (unpaired) electrons. The summed E-state index contributed by atoms with van der Waals surface area (Å²) in [4.78, 5) is 91.6. The van der Waals surface area contributed by atoms with Crippen LogP contribution in [0.5, 0.6) is 34.5 Å². The molecule has 2 heterocycles. The summed E-state index contributed by atoms with van der Waals surface area (Å²) in [5.41, 5.74) is 1.38. The standard InChI is InChI=1S/C33H40FN3O8S.C24H23FN2O5S.C9H18INO3.CH2O3.2K.H/c1-32(2,3)45-31(40)36-11-13-42-14-15-43-26-17-21-7-6-10-33(4,20-28(38)37-30-35-12-16-46-30)24(21)19-27(26)44-22-8-9-23(25(34)18-22)29(39)41-5;1-24(13-21(29)27-23-26-8-9-33-23)7-3-4-14-10-19(28)20(12-17(14)24)32-15-5-6-16(18(25)11-15)22(30)31-2;1-9(2,3)14-8(12)11-5-7-13-6-4-10;2-1-4-3;;;/h8-9,12,16-19H,6-7,10-11,13-15,20H2,1-5H3,(H,36,40)(H,35,37,38);5-6,8-12,28H,3-4,7,13H2,1-2H3,(H,26,27,29);4-7H2,1-3H3,(H,11,12);1,3H;;;/q;;;;2*+1;-1/p-1/t33-;24-;;;;;/m11...../s1. The van der Waals surface area contributed by atoms with Crippen LogP contribution in [0, 0.1) is 11.6 Å². The van der Waals surface area contributed by atoms with Crippen molar-refractivity contribution in [2.45, 2.75) is 129 Å². The predicted octanol–water partition coefficient (Wildman–Crippen LogP) is 6.11. The summed E-state index contributed by atoms with van der Waals surface area (Å²) in [6.45, 7) is 17.4. The first-order valence-electron chi connectivity index (χ1n) is 30.6. The Morgan fingerprint density at radius 3 is 1.48 bits per heavy atom. The van der Waals surface area contributed by atoms with Crippen molar-refractivity contribution in [2.75, 3.05) is 75.4 Å². The molecule has 4 aromatic carbocycles. The number of fused-ring (bicyclic) bond motifs is 2. The van der Waals surface area contributed by atoms with Crippen molar-refractivity contribution in [3.63, 3.8) is 0 Å². The maximum Gasteiger partial charge on any atom is 1.00 e. The van der Waals surface area contributed by atoms with E-state index in [1.807, 2.05) is 46.8 Å². The van der Waals surface area contributed by atoms with Gasteiger partial charge in [0.1, 0.15) is 40.9 Å². The van der Waals surface area contributed by atoms with Crippen molar-refractivity contribution in [1.82, 2.24) is 20.6 Å². The van der Waals surface area contributed by atoms with Crippen LogP contribution in [0.25, 0.3) is 0 Å². The fourth-order valence-corrected chi connectivity index (χ4v) is 11.5. The molecule has 0 saturated carbocycles. The van der Waals surface area contributed by atoms with Crippen molar-refractivity contribution < 1.29 is 204 Å². The van der Waals surface area contributed by atoms with Gasteiger partial charge >= 0.3 is 127 Å². The number of alkyl halides is 1. The van der Waals surface area contributed by atoms with Gasteiger partial charge < -0.3 is 80.6 Å². The molecule has 32 heteroatoms. The van der Waals surface area contributed by atoms with Crippen LogP contribution in [0.15, 0.2) is 83.8 Å². The zero-order valence-electron chi connectivity index (χ0n) is 58.6. The molecule has 8 rings (SSSR count). The summed E-state index contributed by atoms with van der Waals surface area (Å²) < 4.78 is 78.2. The molecule has 25 nitrogen and oxygen atoms in total. The molecule has 0 spiro atoms. The summed E-state index contributed by atoms with van der Waals surface area (Å²) in [7, 11) is 2.35. The third-order valence-electron chi connectivity index (χ3n) is 14.2. The number of phenols is 1. The Kier molecular flexibility index (Phi) is 39.0. The van der Waals surface area contributed by atoms with Gasteiger partial charge in [-0.05, 0) is 151 Å². The number of aryl methyl sites for hydroxylation is 2. The van der Waals surface area contributed by atoms with E-state index in [-0.39, 0.29) is 196 Å². The molecule has 0 aliphatic heterocycles. The van der Waals surface area contributed by atoms with E-state index in [1.54, 1.807) is 56.1 Å². The second-order valence-corrected chi connectivity index (χ2v) is 27.0. The first kappa shape index (κ1) is 88.2. The minimum Gasteiger partial charge on any atom is -1.00 e. The van der Waals surface area contributed by atoms with Crippen LogP contribution >= 0.6 is 45.3 Å². The van der Waals surface area contributed by atoms with E-state index in [1.165, 1.54) is 61.2 Å². The van der Waals surface area contributed by atoms with E-state index >= 15 is 0 Å². The number of methoxy groups -OCH3 is 2. The molecule has 0 saturated heterocycles. The number of esters is 2. The Morgan fingerprint density at radius 1 is 0.646 bits per heavy atom. The van der Waals surface area contributed by atoms with E-state index < -0.39 is 57.8 Å². The van der Waals surface area contributed by atoms with Crippen LogP contribution in [0.3, 0.4) is 0 Å². The molecule has 5 N–H and O–H groups in total. The molecule has 2 aliphatic carbocycles. The Hall–Kier alpha value is -5.03. The number of aromatic hydroxyl groups is 1. The van der Waals surface area contributed by atoms with Gasteiger partial charge in [-0.25, -0.2) is 37.9 Å². The van der Waals surface area contributed by atoms with Crippen molar-refractivity contribution in [1.29, 1.82) is 0 Å². The molecular weight excluding hydrogens is 1500 g/mol. The van der Waals surface area contributed by atoms with Gasteiger partial charge in [-0.2, -0.15) is 0 Å². The molecule has 2 aromatic heterocycles. The normalized spacial score (nSPS) is 14.8. The van der Waals surface area contributed by atoms with Crippen LogP contribution in [0.4, 0.5) is 28.6 Å². The second kappa shape index (κ2) is 43.8. The monoisotopic (exact) mass is 1580 g/mol. The van der Waals surface area contributed by atoms with Crippen LogP contribution in [-0.2, 0) is 71.4 Å². The van der Waals surface area contributed by atoms with Crippen molar-refractivity contribution in [2.24, 2.45) is 0 Å². The van der Waals surface area contributed by atoms with Crippen LogP contribution in [-0.4, -0.2) is 133 Å². The molecule has 6 aromatic rings. The summed E-state index contributed by atoms with van der Waals surface area (Å²) in [5.74, 6) is -2.38. The van der Waals surface area contributed by atoms with Gasteiger partial charge in [-0.1, -0.05) is 36.4 Å². The number of rotatable bonds is 25. The molecule has 0 unspecified atom stereocenters. The zero-order valence-corrected chi connectivity index (χ0v) is 67.7. The smallest absolute Gasteiger partial charge is 1.00 e. The van der Waals surface area contributed by atoms with Crippen LogP contribution in [0.2, 0.25) is 0 Å². The number of halogens is 3. The van der Waals surface area contributed by atoms with Crippen LogP contribution < -0.4 is 144 Å². The molecule has 2 aliphatic rings. The minimum atomic E-state index is -0.796. The molecule has 2 atom stereocenters. The van der Waals surface area contributed by atoms with E-state index in [0.29, 0.717) is 34.9 Å². The number of nitrogens with one attached hydrogen (secondary N) is 4. The van der Waals surface area contributed by atoms with Crippen molar-refractivity contribution in [3.05, 3.63) is 129 Å². The maximum absolute atomic E-state index is 14.8. The van der Waals surface area contributed by atoms with Gasteiger partial charge in [-0.3, -0.25) is 14.4 Å². The molecule has 0 bridgehead atoms. The fraction of sp³-hybridized carbons (Fsp3) is 0.448. The Labute approximate surface area is 682 Å². The second-order valence-electron chi connectivity index (χ2n) is 24.2. The first-order valence-corrected chi connectivity index (χ1v) is 33.9. The number of alkyl carbamates (subject to hydrolysis) is 2. The zero-order chi connectivity index (χ0) is 71.3. The largest absolute Gasteiger partial charge is 1.00 e. The summed E-state index contributed by atoms with van der Waals surface area (Å²) in [6, 6.07) is 14.7. The number of benzene rings is 4. The third kappa shape index (κ3) is 30.4. The van der Waals surface area contributed by atoms with E-state index in [4.69, 9.17) is 43.2 Å². The van der Waals surface area contributed by atoms with Gasteiger partial charge in [0.05, 0.1) is 51.8 Å². The Bertz CT molecular complexity index is 3600. The number of carbonyl (C=O) groups excluding carboxylic acids is 7. The molecule has 0 fully saturated rings. The summed E-state index contributed by atoms with van der Waals surface area (Å²) >= 11 is 4.94. The van der Waals surface area contributed by atoms with Crippen molar-refractivity contribution >= 4 is 97.9 Å². The summed E-state index contributed by atoms with van der Waals surface area (Å²) in [5, 5.41) is 34.6. The average Bonchev–Trinajstić information content (AvgIpc) is 0.808. The van der Waals surface area contributed by atoms with E-state index in [9.17, 15) is 42.7 Å². The number of phenolic OH excluding ortho intramolecular Hbond substituents is 1. The molecular formula is C67H83F2IK2N6O19S2. The SMILES string of the molecule is CC(C)(C)OC(=O)NCCOCCI.COC(=O)c1ccc(Oc2cc3c(cc2O)CCC[C@]3(C)CC(=O)Nc2nccs2)cc1F.COC(=O)c1ccc(Oc2cc3c(cc2OCCOCCNC(=O)OC(C)(C)C)CCC[C@]3(C)CC(=O)Nc2nccs2)cc1F.O=CO[O-].[H-].[K+].[K+]. The number of thiazole rings is 2. The number of amides is 4. The first-order chi connectivity index (χ1) is 46.0. The Balaban J connectivity index is 0.000000548. The molecule has 99 heavy (non-hydrogen) atoms. The summed E-state index contributed by atoms with van der Waals surface area (Å²) in [6.07, 6.45) is 7.70. The van der Waals surface area contributed by atoms with Gasteiger partial charge in [-0.15, -0.1) is 22.7 Å². The van der Waals surface area contributed by atoms with Gasteiger partial charge in [0.15, 0.2) is 33.3 Å². The van der Waals surface area contributed by atoms with Crippen molar-refractivity contribution in [3.8, 4) is 34.5 Å². The van der Waals surface area contributed by atoms with Gasteiger partial charge in [0.25, 0.3) is 6.47 Å². The van der Waals surface area contributed by atoms with Crippen LogP contribution in [0.1, 0.15) is 138 Å². The molecule has 530 valence electrons. The molecule has 4 amide bonds. The maximum atomic E-state index is 14.8. The fourth-order valence-electron chi connectivity index (χ4n) is 10.1. The number of aromatic nitrogens is 2. The van der Waals surface area contributed by atoms with Gasteiger partial charge in [0.2, 0.25) is 11.8 Å². The number of hydrogen-bond donors (Lipinski definition) is 5. The number of nitrogens with zero attached hydrogens (tertiary/aromatic N) is 2. The number of carbonyl (C=O) groups is 7. The van der Waals surface area contributed by atoms with Gasteiger partial charge in [0, 0.05) is 76.5 Å². The third-order valence-corrected chi connectivity index (χ3v) is 16.0. The number of anilines is 2. The quantitative estimate of drug-likeness (QED) is 0.00496. The Morgan fingerprint density at radius 2 is 1.08 bits per heavy atom. The number of ether oxygens (including phenoxy) is 9. The average molecular weight is 1580 g/mol. The minimum absolute atomic E-state index is 0. The van der Waals surface area contributed by atoms with E-state index in [0.717, 1.165) is 83.9 Å². The number of hydrogen-bond acceptors (Lipinski definition) is 23. The van der Waals surface area contributed by atoms with E-state index in [2.05, 4.69) is 68.2 Å².